The summed E-state index contributed by atoms with van der Waals surface area (Å²) in [6, 6.07) is 12.7. The molecule has 1 aromatic heterocycles. The smallest absolute Gasteiger partial charge is 0.483 e. The lowest BCUT2D eigenvalue weighted by Gasteiger charge is -2.17. The topological polar surface area (TPSA) is 273 Å². The van der Waals surface area contributed by atoms with Crippen molar-refractivity contribution in [1.82, 2.24) is 14.9 Å². The Morgan fingerprint density at radius 2 is 1.57 bits per heavy atom. The maximum atomic E-state index is 14.3. The molecule has 0 radical (unpaired) electrons. The molecule has 0 atom stereocenters. The highest BCUT2D eigenvalue weighted by Gasteiger charge is 2.38. The second-order valence-electron chi connectivity index (χ2n) is 11.2. The van der Waals surface area contributed by atoms with Gasteiger partial charge in [0.1, 0.15) is 28.9 Å². The zero-order valence-corrected chi connectivity index (χ0v) is 30.6. The van der Waals surface area contributed by atoms with E-state index in [0.717, 1.165) is 17.7 Å². The molecule has 58 heavy (non-hydrogen) atoms. The van der Waals surface area contributed by atoms with E-state index in [2.05, 4.69) is 20.3 Å². The number of alkyl halides is 6. The Balaban J connectivity index is 0.00000103. The summed E-state index contributed by atoms with van der Waals surface area (Å²) in [5.41, 5.74) is 12.6. The van der Waals surface area contributed by atoms with Crippen LogP contribution in [0.4, 0.5) is 52.3 Å². The molecule has 1 heterocycles. The van der Waals surface area contributed by atoms with Gasteiger partial charge in [-0.25, -0.2) is 27.0 Å². The van der Waals surface area contributed by atoms with E-state index in [-0.39, 0.29) is 53.3 Å². The Kier molecular flexibility index (Phi) is 18.7. The molecule has 0 saturated carbocycles. The quantitative estimate of drug-likeness (QED) is 0.0341. The number of amides is 1. The van der Waals surface area contributed by atoms with Gasteiger partial charge in [0.25, 0.3) is 22.1 Å². The highest BCUT2D eigenvalue weighted by molar-refractivity contribution is 7.92. The molecule has 4 rings (SSSR count). The van der Waals surface area contributed by atoms with Crippen molar-refractivity contribution in [2.75, 3.05) is 15.8 Å². The highest BCUT2D eigenvalue weighted by atomic mass is 32.2. The van der Waals surface area contributed by atoms with Crippen LogP contribution in [-0.4, -0.2) is 71.3 Å². The summed E-state index contributed by atoms with van der Waals surface area (Å²) >= 11 is 0. The summed E-state index contributed by atoms with van der Waals surface area (Å²) in [6.45, 7) is -0.591. The van der Waals surface area contributed by atoms with Gasteiger partial charge in [-0.1, -0.05) is 24.3 Å². The van der Waals surface area contributed by atoms with Crippen molar-refractivity contribution in [2.45, 2.75) is 50.7 Å². The number of nitrogens with zero attached hydrogens (tertiary/aromatic N) is 2. The van der Waals surface area contributed by atoms with Gasteiger partial charge in [-0.15, -0.1) is 0 Å². The first-order valence-electron chi connectivity index (χ1n) is 15.6. The van der Waals surface area contributed by atoms with Crippen molar-refractivity contribution in [3.05, 3.63) is 100.0 Å². The average Bonchev–Trinajstić information content (AvgIpc) is 3.08. The number of amidine groups is 1. The Bertz CT molecular complexity index is 2220. The molecule has 0 spiro atoms. The Labute approximate surface area is 323 Å². The van der Waals surface area contributed by atoms with Crippen LogP contribution in [0, 0.1) is 17.0 Å². The SMILES string of the molecule is CC(C)Nc1ncc(-c2cc(N)cc(NS(=O)(=O)c3ccc(F)cc3F)c2)n(CC(=O)NCc2ccc(C(=N)N)cc2)c1=O.FC(F)F.O=C(O)C(F)(F)F.O=CO. The lowest BCUT2D eigenvalue weighted by atomic mass is 10.1. The van der Waals surface area contributed by atoms with E-state index in [9.17, 15) is 53.1 Å². The number of rotatable bonds is 11. The molecule has 3 aromatic carbocycles. The fraction of sp³-hybridized carbons (Fsp3) is 0.212. The van der Waals surface area contributed by atoms with E-state index in [1.165, 1.54) is 29.0 Å². The zero-order valence-electron chi connectivity index (χ0n) is 29.8. The van der Waals surface area contributed by atoms with Crippen molar-refractivity contribution < 1.29 is 68.1 Å². The molecule has 0 fully saturated rings. The van der Waals surface area contributed by atoms with E-state index in [1.54, 1.807) is 24.3 Å². The number of carbonyl (C=O) groups excluding carboxylic acids is 1. The Hall–Kier alpha value is -6.79. The summed E-state index contributed by atoms with van der Waals surface area (Å²) in [5, 5.41) is 27.2. The van der Waals surface area contributed by atoms with E-state index >= 15 is 0 Å². The van der Waals surface area contributed by atoms with Gasteiger partial charge >= 0.3 is 18.8 Å². The van der Waals surface area contributed by atoms with E-state index in [4.69, 9.17) is 36.7 Å². The largest absolute Gasteiger partial charge is 0.490 e. The predicted octanol–water partition coefficient (Wildman–Crippen LogP) is 4.50. The molecule has 316 valence electrons. The van der Waals surface area contributed by atoms with Crippen LogP contribution in [0.1, 0.15) is 25.0 Å². The monoisotopic (exact) mass is 854 g/mol. The number of halogens is 8. The van der Waals surface area contributed by atoms with E-state index in [0.29, 0.717) is 11.6 Å². The molecule has 10 N–H and O–H groups in total. The average molecular weight is 855 g/mol. The minimum atomic E-state index is -5.08. The second-order valence-corrected chi connectivity index (χ2v) is 12.9. The first-order chi connectivity index (χ1) is 26.8. The molecule has 1 amide bonds. The minimum absolute atomic E-state index is 0.00649. The number of aromatic nitrogens is 2. The maximum absolute atomic E-state index is 14.3. The highest BCUT2D eigenvalue weighted by Crippen LogP contribution is 2.28. The standard InChI is InChI=1S/C29H30F2N8O4S.C2HF3O2.CHF3.CH2O2/c1-16(2)37-28-29(41)39(15-26(40)35-13-17-3-5-18(6-4-17)27(33)34)24(14-36-28)19-9-21(32)12-22(10-19)38-44(42,43)25-8-7-20(30)11-23(25)31;3-2(4,5)1(6)7;2-1(3)4;2-1-3/h3-12,14,16,38H,13,15,32H2,1-2H3,(H3,33,34)(H,35,40)(H,36,37);(H,6,7);1H;1H,(H,2,3). The molecule has 0 aliphatic heterocycles. The molecule has 0 aliphatic rings. The van der Waals surface area contributed by atoms with Crippen molar-refractivity contribution in [3.63, 3.8) is 0 Å². The normalized spacial score (nSPS) is 10.8. The summed E-state index contributed by atoms with van der Waals surface area (Å²) < 4.78 is 117. The van der Waals surface area contributed by atoms with Gasteiger partial charge in [0, 0.05) is 35.5 Å². The molecule has 0 unspecified atom stereocenters. The van der Waals surface area contributed by atoms with Crippen LogP contribution in [-0.2, 0) is 37.5 Å². The number of aliphatic carboxylic acids is 1. The number of benzene rings is 3. The van der Waals surface area contributed by atoms with Gasteiger partial charge in [-0.05, 0) is 49.7 Å². The fourth-order valence-corrected chi connectivity index (χ4v) is 5.31. The summed E-state index contributed by atoms with van der Waals surface area (Å²) in [5.74, 6) is -5.59. The molecule has 4 aromatic rings. The van der Waals surface area contributed by atoms with Crippen LogP contribution >= 0.6 is 0 Å². The number of nitrogens with one attached hydrogen (secondary N) is 4. The summed E-state index contributed by atoms with van der Waals surface area (Å²) in [7, 11) is -4.50. The number of anilines is 3. The number of nitrogens with two attached hydrogens (primary N) is 2. The van der Waals surface area contributed by atoms with Crippen LogP contribution in [0.15, 0.2) is 76.6 Å². The number of carbonyl (C=O) groups is 3. The van der Waals surface area contributed by atoms with Gasteiger partial charge in [-0.3, -0.25) is 29.1 Å². The van der Waals surface area contributed by atoms with Gasteiger partial charge in [0.05, 0.1) is 17.6 Å². The van der Waals surface area contributed by atoms with Crippen LogP contribution < -0.4 is 32.4 Å². The van der Waals surface area contributed by atoms with Gasteiger partial charge in [-0.2, -0.15) is 26.3 Å². The fourth-order valence-electron chi connectivity index (χ4n) is 4.21. The molecule has 0 saturated heterocycles. The van der Waals surface area contributed by atoms with Crippen molar-refractivity contribution in [2.24, 2.45) is 5.73 Å². The Morgan fingerprint density at radius 1 is 1.02 bits per heavy atom. The number of carboxylic acids is 1. The minimum Gasteiger partial charge on any atom is -0.483 e. The summed E-state index contributed by atoms with van der Waals surface area (Å²) in [4.78, 5) is 47.2. The molecule has 16 nitrogen and oxygen atoms in total. The van der Waals surface area contributed by atoms with Crippen molar-refractivity contribution >= 4 is 51.4 Å². The Morgan fingerprint density at radius 3 is 2.05 bits per heavy atom. The molecular formula is C33H34F8N8O8S. The van der Waals surface area contributed by atoms with Crippen LogP contribution in [0.2, 0.25) is 0 Å². The number of hydrogen-bond donors (Lipinski definition) is 8. The lowest BCUT2D eigenvalue weighted by Crippen LogP contribution is -2.35. The number of sulfonamides is 1. The van der Waals surface area contributed by atoms with Crippen LogP contribution in [0.3, 0.4) is 0 Å². The third-order valence-electron chi connectivity index (χ3n) is 6.47. The van der Waals surface area contributed by atoms with E-state index in [1.807, 2.05) is 13.8 Å². The van der Waals surface area contributed by atoms with Crippen molar-refractivity contribution in [3.8, 4) is 11.3 Å². The zero-order chi connectivity index (χ0) is 44.5. The first kappa shape index (κ1) is 49.2. The maximum Gasteiger partial charge on any atom is 0.490 e. The number of carboxylic acid groups (broad SMARTS) is 2. The molecule has 0 bridgehead atoms. The molecular weight excluding hydrogens is 820 g/mol. The predicted molar refractivity (Wildman–Crippen MR) is 193 cm³/mol. The van der Waals surface area contributed by atoms with Crippen molar-refractivity contribution in [1.29, 1.82) is 5.41 Å². The van der Waals surface area contributed by atoms with Crippen LogP contribution in [0.25, 0.3) is 11.3 Å². The third-order valence-corrected chi connectivity index (χ3v) is 7.88. The number of nitrogen functional groups attached to an aromatic ring is 2. The van der Waals surface area contributed by atoms with Gasteiger partial charge in [0.15, 0.2) is 5.82 Å². The second kappa shape index (κ2) is 22.1. The van der Waals surface area contributed by atoms with Gasteiger partial charge < -0.3 is 32.3 Å². The van der Waals surface area contributed by atoms with E-state index < -0.39 is 63.4 Å². The third kappa shape index (κ3) is 16.5. The van der Waals surface area contributed by atoms with Gasteiger partial charge in [0.2, 0.25) is 5.91 Å². The van der Waals surface area contributed by atoms with Crippen LogP contribution in [0.5, 0.6) is 0 Å². The first-order valence-corrected chi connectivity index (χ1v) is 17.1. The lowest BCUT2D eigenvalue weighted by molar-refractivity contribution is -0.192. The molecule has 0 aliphatic carbocycles. The summed E-state index contributed by atoms with van der Waals surface area (Å²) in [6.07, 6.45) is -3.74. The molecule has 25 heteroatoms. The number of hydrogen-bond acceptors (Lipinski definition) is 10.